The molecule has 0 bridgehead atoms. The number of hydrogen-bond acceptors (Lipinski definition) is 1. The number of rotatable bonds is 4. The van der Waals surface area contributed by atoms with Gasteiger partial charge in [-0.15, -0.1) is 0 Å². The average Bonchev–Trinajstić information content (AvgIpc) is 2.96. The molecule has 0 spiro atoms. The zero-order valence-corrected chi connectivity index (χ0v) is 21.9. The van der Waals surface area contributed by atoms with Crippen LogP contribution in [-0.2, 0) is 0 Å². The molecule has 4 aliphatic carbocycles. The standard InChI is InChI=1S/C30H50O/c1-20(2)10-9-11-21(3)22-14-18-30(8)24-12-13-25-27(4,5)26(31)16-17-28(25,6)23(24)15-19-29(22,30)7/h10,15,21-22,24-26,31H,9,11-14,16-19H2,1-8H3/t21?,22-,24-,25+,26+,28-,29-,30+/m1/s1. The predicted octanol–water partition coefficient (Wildman–Crippen LogP) is 8.34. The van der Waals surface area contributed by atoms with E-state index in [2.05, 4.69) is 67.5 Å². The van der Waals surface area contributed by atoms with Gasteiger partial charge in [0.1, 0.15) is 0 Å². The first kappa shape index (κ1) is 23.6. The van der Waals surface area contributed by atoms with Gasteiger partial charge < -0.3 is 5.11 Å². The van der Waals surface area contributed by atoms with Crippen LogP contribution < -0.4 is 0 Å². The third-order valence-electron chi connectivity index (χ3n) is 11.7. The highest BCUT2D eigenvalue weighted by molar-refractivity contribution is 5.32. The van der Waals surface area contributed by atoms with Crippen LogP contribution in [0.15, 0.2) is 23.3 Å². The molecule has 0 radical (unpaired) electrons. The molecule has 0 aromatic heterocycles. The first-order valence-electron chi connectivity index (χ1n) is 13.4. The lowest BCUT2D eigenvalue weighted by molar-refractivity contribution is -0.118. The van der Waals surface area contributed by atoms with Crippen molar-refractivity contribution in [1.29, 1.82) is 0 Å². The SMILES string of the molecule is CC(C)=CCCC(C)[C@H]1CC[C@@]2(C)[C@@H]3CC[C@H]4C(C)(C)[C@@H](O)CC[C@]4(C)C3=CC[C@]12C. The first-order valence-corrected chi connectivity index (χ1v) is 13.4. The second kappa shape index (κ2) is 7.75. The second-order valence-corrected chi connectivity index (χ2v) is 13.7. The highest BCUT2D eigenvalue weighted by Gasteiger charge is 2.65. The van der Waals surface area contributed by atoms with Gasteiger partial charge in [0, 0.05) is 0 Å². The third-order valence-corrected chi connectivity index (χ3v) is 11.7. The van der Waals surface area contributed by atoms with Gasteiger partial charge in [0.15, 0.2) is 0 Å². The summed E-state index contributed by atoms with van der Waals surface area (Å²) in [4.78, 5) is 0. The number of hydrogen-bond donors (Lipinski definition) is 1. The molecule has 1 nitrogen and oxygen atoms in total. The van der Waals surface area contributed by atoms with Crippen LogP contribution in [0.4, 0.5) is 0 Å². The Morgan fingerprint density at radius 2 is 1.74 bits per heavy atom. The molecule has 0 saturated heterocycles. The van der Waals surface area contributed by atoms with Crippen molar-refractivity contribution in [1.82, 2.24) is 0 Å². The van der Waals surface area contributed by atoms with E-state index in [9.17, 15) is 5.11 Å². The molecule has 0 aromatic rings. The van der Waals surface area contributed by atoms with Gasteiger partial charge in [0.05, 0.1) is 6.10 Å². The van der Waals surface area contributed by atoms with Gasteiger partial charge in [-0.3, -0.25) is 0 Å². The highest BCUT2D eigenvalue weighted by atomic mass is 16.3. The predicted molar refractivity (Wildman–Crippen MR) is 133 cm³/mol. The van der Waals surface area contributed by atoms with Crippen LogP contribution in [0.2, 0.25) is 0 Å². The summed E-state index contributed by atoms with van der Waals surface area (Å²) in [7, 11) is 0. The van der Waals surface area contributed by atoms with E-state index in [1.807, 2.05) is 0 Å². The Morgan fingerprint density at radius 3 is 2.42 bits per heavy atom. The van der Waals surface area contributed by atoms with Crippen molar-refractivity contribution in [3.05, 3.63) is 23.3 Å². The van der Waals surface area contributed by atoms with E-state index in [0.29, 0.717) is 22.2 Å². The quantitative estimate of drug-likeness (QED) is 0.448. The molecule has 0 aliphatic heterocycles. The zero-order chi connectivity index (χ0) is 22.8. The fourth-order valence-electron chi connectivity index (χ4n) is 9.51. The molecule has 0 amide bonds. The van der Waals surface area contributed by atoms with E-state index < -0.39 is 0 Å². The van der Waals surface area contributed by atoms with Crippen LogP contribution in [-0.4, -0.2) is 11.2 Å². The summed E-state index contributed by atoms with van der Waals surface area (Å²) in [6, 6.07) is 0. The van der Waals surface area contributed by atoms with Crippen LogP contribution in [0.5, 0.6) is 0 Å². The van der Waals surface area contributed by atoms with Gasteiger partial charge in [-0.2, -0.15) is 0 Å². The minimum absolute atomic E-state index is 0.0398. The highest BCUT2D eigenvalue weighted by Crippen LogP contribution is 2.73. The fourth-order valence-corrected chi connectivity index (χ4v) is 9.51. The number of fused-ring (bicyclic) bond motifs is 5. The summed E-state index contributed by atoms with van der Waals surface area (Å²) < 4.78 is 0. The Balaban J connectivity index is 1.63. The maximum absolute atomic E-state index is 10.8. The lowest BCUT2D eigenvalue weighted by atomic mass is 9.41. The summed E-state index contributed by atoms with van der Waals surface area (Å²) in [6.07, 6.45) is 16.5. The largest absolute Gasteiger partial charge is 0.393 e. The summed E-state index contributed by atoms with van der Waals surface area (Å²) >= 11 is 0. The average molecular weight is 427 g/mol. The molecule has 1 unspecified atom stereocenters. The molecule has 1 heteroatoms. The number of allylic oxidation sites excluding steroid dienone is 4. The Bertz CT molecular complexity index is 754. The van der Waals surface area contributed by atoms with Gasteiger partial charge >= 0.3 is 0 Å². The molecule has 4 aliphatic rings. The molecule has 3 saturated carbocycles. The van der Waals surface area contributed by atoms with Crippen LogP contribution in [0.1, 0.15) is 113 Å². The van der Waals surface area contributed by atoms with E-state index >= 15 is 0 Å². The van der Waals surface area contributed by atoms with E-state index in [4.69, 9.17) is 0 Å². The topological polar surface area (TPSA) is 20.2 Å². The van der Waals surface area contributed by atoms with Crippen molar-refractivity contribution in [3.63, 3.8) is 0 Å². The van der Waals surface area contributed by atoms with Gasteiger partial charge in [-0.1, -0.05) is 64.8 Å². The molecular formula is C30H50O. The van der Waals surface area contributed by atoms with Gasteiger partial charge in [0.25, 0.3) is 0 Å². The Labute approximate surface area is 193 Å². The van der Waals surface area contributed by atoms with Crippen LogP contribution in [0.3, 0.4) is 0 Å². The molecule has 0 heterocycles. The lowest BCUT2D eigenvalue weighted by Crippen LogP contribution is -2.57. The maximum atomic E-state index is 10.8. The van der Waals surface area contributed by atoms with E-state index in [-0.39, 0.29) is 11.5 Å². The van der Waals surface area contributed by atoms with Crippen molar-refractivity contribution in [3.8, 4) is 0 Å². The monoisotopic (exact) mass is 426 g/mol. The first-order chi connectivity index (χ1) is 14.4. The van der Waals surface area contributed by atoms with Gasteiger partial charge in [-0.25, -0.2) is 0 Å². The zero-order valence-electron chi connectivity index (χ0n) is 21.9. The molecule has 0 aromatic carbocycles. The van der Waals surface area contributed by atoms with Gasteiger partial charge in [0.2, 0.25) is 0 Å². The van der Waals surface area contributed by atoms with E-state index in [1.54, 1.807) is 5.57 Å². The maximum Gasteiger partial charge on any atom is 0.0594 e. The molecule has 176 valence electrons. The number of aliphatic hydroxyl groups is 1. The van der Waals surface area contributed by atoms with Crippen molar-refractivity contribution in [2.45, 2.75) is 119 Å². The molecule has 4 rings (SSSR count). The van der Waals surface area contributed by atoms with Crippen molar-refractivity contribution >= 4 is 0 Å². The Kier molecular flexibility index (Phi) is 5.90. The number of aliphatic hydroxyl groups excluding tert-OH is 1. The van der Waals surface area contributed by atoms with Crippen LogP contribution in [0.25, 0.3) is 0 Å². The minimum atomic E-state index is -0.135. The van der Waals surface area contributed by atoms with E-state index in [0.717, 1.165) is 24.2 Å². The van der Waals surface area contributed by atoms with Crippen molar-refractivity contribution < 1.29 is 5.11 Å². The molecule has 8 atom stereocenters. The molecule has 3 fully saturated rings. The Hall–Kier alpha value is -0.560. The summed E-state index contributed by atoms with van der Waals surface area (Å²) in [5.41, 5.74) is 4.49. The van der Waals surface area contributed by atoms with Gasteiger partial charge in [-0.05, 0) is 117 Å². The van der Waals surface area contributed by atoms with Crippen molar-refractivity contribution in [2.75, 3.05) is 0 Å². The fraction of sp³-hybridized carbons (Fsp3) is 0.867. The smallest absolute Gasteiger partial charge is 0.0594 e. The molecular weight excluding hydrogens is 376 g/mol. The van der Waals surface area contributed by atoms with Crippen LogP contribution >= 0.6 is 0 Å². The molecule has 1 N–H and O–H groups in total. The second-order valence-electron chi connectivity index (χ2n) is 13.7. The van der Waals surface area contributed by atoms with E-state index in [1.165, 1.54) is 56.9 Å². The Morgan fingerprint density at radius 1 is 1.03 bits per heavy atom. The normalized spacial score (nSPS) is 46.9. The summed E-state index contributed by atoms with van der Waals surface area (Å²) in [5, 5.41) is 10.8. The lowest BCUT2D eigenvalue weighted by Gasteiger charge is -2.64. The molecule has 31 heavy (non-hydrogen) atoms. The van der Waals surface area contributed by atoms with Crippen LogP contribution in [0, 0.1) is 45.3 Å². The summed E-state index contributed by atoms with van der Waals surface area (Å²) in [5.74, 6) is 3.05. The summed E-state index contributed by atoms with van der Waals surface area (Å²) in [6.45, 7) is 19.6. The third kappa shape index (κ3) is 3.34. The minimum Gasteiger partial charge on any atom is -0.393 e. The van der Waals surface area contributed by atoms with Crippen molar-refractivity contribution in [2.24, 2.45) is 45.3 Å².